The normalized spacial score (nSPS) is 11.8. The van der Waals surface area contributed by atoms with Crippen molar-refractivity contribution in [1.82, 2.24) is 0 Å². The molecule has 0 atom stereocenters. The van der Waals surface area contributed by atoms with Crippen LogP contribution in [0.25, 0.3) is 0 Å². The lowest BCUT2D eigenvalue weighted by molar-refractivity contribution is -0.0517. The first-order chi connectivity index (χ1) is 8.82. The Hall–Kier alpha value is -0.730. The number of rotatable bonds is 1. The molecule has 0 aliphatic carbocycles. The number of aryl methyl sites for hydroxylation is 1. The molecule has 0 heterocycles. The van der Waals surface area contributed by atoms with Crippen LogP contribution < -0.4 is 0 Å². The molecule has 0 spiro atoms. The number of alkyl halides is 3. The summed E-state index contributed by atoms with van der Waals surface area (Å²) in [6.45, 7) is 8.82. The average molecular weight is 330 g/mol. The highest BCUT2D eigenvalue weighted by Gasteiger charge is 2.36. The molecule has 1 aromatic rings. The molecule has 116 valence electrons. The van der Waals surface area contributed by atoms with Gasteiger partial charge in [-0.05, 0) is 50.5 Å². The second-order valence-corrected chi connectivity index (χ2v) is 6.51. The molecule has 3 nitrogen and oxygen atoms in total. The van der Waals surface area contributed by atoms with E-state index in [1.807, 2.05) is 0 Å². The van der Waals surface area contributed by atoms with Crippen LogP contribution in [0.15, 0.2) is 11.0 Å². The van der Waals surface area contributed by atoms with Crippen LogP contribution in [0, 0.1) is 27.7 Å². The maximum absolute atomic E-state index is 10.7. The van der Waals surface area contributed by atoms with Crippen molar-refractivity contribution < 1.29 is 26.1 Å². The topological polar surface area (TPSA) is 57.2 Å². The summed E-state index contributed by atoms with van der Waals surface area (Å²) in [6.07, 6.45) is 2.19. The molecule has 0 unspecified atom stereocenters. The lowest BCUT2D eigenvalue weighted by atomic mass is 10.00. The Kier molecular flexibility index (Phi) is 6.57. The zero-order valence-corrected chi connectivity index (χ0v) is 13.5. The Morgan fingerprint density at radius 3 is 1.75 bits per heavy atom. The van der Waals surface area contributed by atoms with Crippen LogP contribution in [-0.2, 0) is 21.9 Å². The summed E-state index contributed by atoms with van der Waals surface area (Å²) in [5.41, 5.74) is 0.136. The summed E-state index contributed by atoms with van der Waals surface area (Å²) in [7, 11) is -6.09. The van der Waals surface area contributed by atoms with E-state index in [4.69, 9.17) is 13.0 Å². The van der Waals surface area contributed by atoms with Gasteiger partial charge in [-0.1, -0.05) is 0 Å². The van der Waals surface area contributed by atoms with Gasteiger partial charge in [0.1, 0.15) is 6.26 Å². The van der Waals surface area contributed by atoms with Crippen molar-refractivity contribution in [2.24, 2.45) is 0 Å². The van der Waals surface area contributed by atoms with Crippen molar-refractivity contribution >= 4 is 21.9 Å². The molecule has 0 N–H and O–H groups in total. The fourth-order valence-electron chi connectivity index (χ4n) is 1.42. The van der Waals surface area contributed by atoms with Gasteiger partial charge in [0, 0.05) is 17.3 Å². The van der Waals surface area contributed by atoms with E-state index >= 15 is 0 Å². The van der Waals surface area contributed by atoms with Crippen LogP contribution in [0.5, 0.6) is 0 Å². The molecule has 0 aliphatic heterocycles. The molecule has 1 aromatic carbocycles. The zero-order chi connectivity index (χ0) is 16.3. The fourth-order valence-corrected chi connectivity index (χ4v) is 2.25. The molecule has 8 heteroatoms. The Morgan fingerprint density at radius 1 is 1.05 bits per heavy atom. The molecule has 0 aromatic heterocycles. The summed E-state index contributed by atoms with van der Waals surface area (Å²) in [5.74, 6) is 0. The molecule has 0 radical (unpaired) electrons. The van der Waals surface area contributed by atoms with Crippen molar-refractivity contribution in [2.45, 2.75) is 38.1 Å². The van der Waals surface area contributed by atoms with Crippen molar-refractivity contribution in [3.8, 4) is 0 Å². The maximum atomic E-state index is 10.7. The minimum Gasteiger partial charge on any atom is -0.741 e. The smallest absolute Gasteiger partial charge is 0.485 e. The standard InChI is InChI=1S/C11H16S.CHF3O3S/c1-7-6-11(12-5)10(4)9(3)8(7)2;2-1(3,4)8(5,6)7/h6H,1-5H3;(H,5,6,7). The second-order valence-electron chi connectivity index (χ2n) is 4.21. The molecule has 1 rings (SSSR count). The van der Waals surface area contributed by atoms with Gasteiger partial charge in [-0.2, -0.15) is 13.2 Å². The van der Waals surface area contributed by atoms with Crippen LogP contribution in [0.3, 0.4) is 0 Å². The minimum atomic E-state index is -6.09. The van der Waals surface area contributed by atoms with Gasteiger partial charge < -0.3 is 4.55 Å². The predicted molar refractivity (Wildman–Crippen MR) is 74.1 cm³/mol. The Bertz CT molecular complexity index is 579. The number of hydrogen-bond donors (Lipinski definition) is 0. The van der Waals surface area contributed by atoms with E-state index in [2.05, 4.69) is 40.0 Å². The first-order valence-electron chi connectivity index (χ1n) is 5.52. The summed E-state index contributed by atoms with van der Waals surface area (Å²) in [6, 6.07) is 2.30. The number of halogens is 3. The minimum absolute atomic E-state index is 1.38. The lowest BCUT2D eigenvalue weighted by Gasteiger charge is -2.08. The van der Waals surface area contributed by atoms with Gasteiger partial charge in [0.05, 0.1) is 0 Å². The highest BCUT2D eigenvalue weighted by atomic mass is 32.2. The zero-order valence-electron chi connectivity index (χ0n) is 11.8. The van der Waals surface area contributed by atoms with Gasteiger partial charge in [0.2, 0.25) is 0 Å². The number of thiol groups is 1. The van der Waals surface area contributed by atoms with Crippen molar-refractivity contribution in [2.75, 3.05) is 6.26 Å². The monoisotopic (exact) mass is 330 g/mol. The third-order valence-electron chi connectivity index (χ3n) is 2.98. The largest absolute Gasteiger partial charge is 0.741 e. The Labute approximate surface area is 121 Å². The molecule has 0 fully saturated rings. The summed E-state index contributed by atoms with van der Waals surface area (Å²) >= 11 is 1.38. The number of hydrogen-bond acceptors (Lipinski definition) is 3. The molecule has 20 heavy (non-hydrogen) atoms. The second kappa shape index (κ2) is 6.82. The van der Waals surface area contributed by atoms with Gasteiger partial charge in [0.25, 0.3) is 0 Å². The van der Waals surface area contributed by atoms with E-state index in [0.29, 0.717) is 0 Å². The average Bonchev–Trinajstić information content (AvgIpc) is 2.29. The first kappa shape index (κ1) is 19.3. The third kappa shape index (κ3) is 4.99. The van der Waals surface area contributed by atoms with Crippen LogP contribution in [-0.4, -0.2) is 24.7 Å². The molecule has 0 saturated carbocycles. The molecular formula is C12H17F3O3S2. The Morgan fingerprint density at radius 2 is 1.45 bits per heavy atom. The number of benzene rings is 1. The van der Waals surface area contributed by atoms with Crippen LogP contribution in [0.1, 0.15) is 22.3 Å². The van der Waals surface area contributed by atoms with Crippen molar-refractivity contribution in [3.05, 3.63) is 28.3 Å². The summed E-state index contributed by atoms with van der Waals surface area (Å²) in [5, 5.41) is 0. The maximum Gasteiger partial charge on any atom is 0.485 e. The highest BCUT2D eigenvalue weighted by Crippen LogP contribution is 2.22. The summed E-state index contributed by atoms with van der Waals surface area (Å²) in [4.78, 5) is 1.47. The third-order valence-corrected chi connectivity index (χ3v) is 4.49. The fraction of sp³-hybridized carbons (Fsp3) is 0.500. The van der Waals surface area contributed by atoms with Gasteiger partial charge in [-0.3, -0.25) is 0 Å². The van der Waals surface area contributed by atoms with Crippen LogP contribution >= 0.6 is 0 Å². The van der Waals surface area contributed by atoms with Crippen molar-refractivity contribution in [1.29, 1.82) is 0 Å². The van der Waals surface area contributed by atoms with E-state index in [9.17, 15) is 13.2 Å². The van der Waals surface area contributed by atoms with Gasteiger partial charge in [-0.15, -0.1) is 0 Å². The van der Waals surface area contributed by atoms with Gasteiger partial charge in [-0.25, -0.2) is 8.42 Å². The van der Waals surface area contributed by atoms with E-state index in [1.54, 1.807) is 0 Å². The first-order valence-corrected chi connectivity index (χ1v) is 8.27. The molecule has 0 amide bonds. The van der Waals surface area contributed by atoms with E-state index in [-0.39, 0.29) is 0 Å². The van der Waals surface area contributed by atoms with E-state index in [1.165, 1.54) is 38.9 Å². The SMILES string of the molecule is C[SH+]c1cc(C)c(C)c(C)c1C.O=S(=O)([O-])C(F)(F)F. The Balaban J connectivity index is 0.000000396. The van der Waals surface area contributed by atoms with Gasteiger partial charge >= 0.3 is 5.51 Å². The lowest BCUT2D eigenvalue weighted by Crippen LogP contribution is -2.21. The predicted octanol–water partition coefficient (Wildman–Crippen LogP) is 2.78. The van der Waals surface area contributed by atoms with E-state index in [0.717, 1.165) is 0 Å². The molecule has 0 aliphatic rings. The van der Waals surface area contributed by atoms with Crippen molar-refractivity contribution in [3.63, 3.8) is 0 Å². The summed E-state index contributed by atoms with van der Waals surface area (Å²) < 4.78 is 58.9. The molecular weight excluding hydrogens is 313 g/mol. The van der Waals surface area contributed by atoms with Crippen LogP contribution in [0.4, 0.5) is 13.2 Å². The van der Waals surface area contributed by atoms with Gasteiger partial charge in [0.15, 0.2) is 15.0 Å². The molecule has 0 bridgehead atoms. The quantitative estimate of drug-likeness (QED) is 0.344. The van der Waals surface area contributed by atoms with Crippen LogP contribution in [0.2, 0.25) is 0 Å². The van der Waals surface area contributed by atoms with E-state index < -0.39 is 15.6 Å². The molecule has 0 saturated heterocycles. The highest BCUT2D eigenvalue weighted by molar-refractivity contribution is 7.86.